The first kappa shape index (κ1) is 21.5. The summed E-state index contributed by atoms with van der Waals surface area (Å²) in [5.41, 5.74) is 0.494. The molecule has 4 atom stereocenters. The van der Waals surface area contributed by atoms with E-state index in [1.165, 1.54) is 49.0 Å². The van der Waals surface area contributed by atoms with Crippen LogP contribution in [0.2, 0.25) is 0 Å². The molecule has 2 saturated carbocycles. The second kappa shape index (κ2) is 8.42. The third-order valence-corrected chi connectivity index (χ3v) is 9.44. The maximum absolute atomic E-state index is 12.9. The van der Waals surface area contributed by atoms with E-state index in [1.807, 2.05) is 0 Å². The van der Waals surface area contributed by atoms with Gasteiger partial charge >= 0.3 is 0 Å². The third kappa shape index (κ3) is 4.19. The number of carbonyl (C=O) groups is 2. The molecule has 7 heteroatoms. The maximum atomic E-state index is 12.9. The lowest BCUT2D eigenvalue weighted by Gasteiger charge is -2.33. The van der Waals surface area contributed by atoms with Crippen molar-refractivity contribution >= 4 is 21.7 Å². The van der Waals surface area contributed by atoms with Gasteiger partial charge in [-0.15, -0.1) is 0 Å². The predicted octanol–water partition coefficient (Wildman–Crippen LogP) is 3.23. The quantitative estimate of drug-likeness (QED) is 0.700. The summed E-state index contributed by atoms with van der Waals surface area (Å²) in [6, 6.07) is 6.28. The van der Waals surface area contributed by atoms with Crippen LogP contribution in [0.1, 0.15) is 62.7 Å². The molecule has 0 radical (unpaired) electrons. The molecule has 1 amide bonds. The molecule has 1 aromatic carbocycles. The Kier molecular flexibility index (Phi) is 6.04. The van der Waals surface area contributed by atoms with Crippen molar-refractivity contribution in [1.82, 2.24) is 9.62 Å². The minimum atomic E-state index is -3.61. The van der Waals surface area contributed by atoms with Crippen LogP contribution in [0.25, 0.3) is 0 Å². The fourth-order valence-corrected chi connectivity index (χ4v) is 7.19. The molecule has 1 aliphatic heterocycles. The molecule has 0 spiro atoms. The van der Waals surface area contributed by atoms with Crippen LogP contribution in [-0.4, -0.2) is 43.5 Å². The van der Waals surface area contributed by atoms with E-state index < -0.39 is 10.0 Å². The highest BCUT2D eigenvalue weighted by Crippen LogP contribution is 2.49. The fourth-order valence-electron chi connectivity index (χ4n) is 5.72. The monoisotopic (exact) mass is 432 g/mol. The van der Waals surface area contributed by atoms with Gasteiger partial charge in [-0.3, -0.25) is 9.59 Å². The fraction of sp³-hybridized carbons (Fsp3) is 0.652. The molecule has 6 nitrogen and oxygen atoms in total. The Hall–Kier alpha value is -1.73. The van der Waals surface area contributed by atoms with E-state index in [0.717, 1.165) is 11.8 Å². The molecule has 4 rings (SSSR count). The molecule has 1 saturated heterocycles. The van der Waals surface area contributed by atoms with Crippen LogP contribution in [0.5, 0.6) is 0 Å². The summed E-state index contributed by atoms with van der Waals surface area (Å²) in [5.74, 6) is 2.09. The van der Waals surface area contributed by atoms with E-state index in [9.17, 15) is 18.0 Å². The predicted molar refractivity (Wildman–Crippen MR) is 114 cm³/mol. The number of fused-ring (bicyclic) bond motifs is 2. The normalized spacial score (nSPS) is 28.4. The molecule has 1 N–H and O–H groups in total. The summed E-state index contributed by atoms with van der Waals surface area (Å²) in [6.07, 6.45) is 6.31. The summed E-state index contributed by atoms with van der Waals surface area (Å²) >= 11 is 0. The first-order chi connectivity index (χ1) is 14.3. The highest BCUT2D eigenvalue weighted by atomic mass is 32.2. The van der Waals surface area contributed by atoms with Gasteiger partial charge < -0.3 is 5.32 Å². The third-order valence-electron chi connectivity index (χ3n) is 7.53. The zero-order chi connectivity index (χ0) is 21.5. The number of hydrogen-bond donors (Lipinski definition) is 1. The molecule has 3 fully saturated rings. The average molecular weight is 433 g/mol. The Morgan fingerprint density at radius 1 is 1.03 bits per heavy atom. The van der Waals surface area contributed by atoms with Gasteiger partial charge in [-0.1, -0.05) is 18.6 Å². The van der Waals surface area contributed by atoms with E-state index >= 15 is 0 Å². The van der Waals surface area contributed by atoms with Gasteiger partial charge in [0.1, 0.15) is 0 Å². The number of ketones is 1. The molecule has 1 aromatic rings. The van der Waals surface area contributed by atoms with Crippen molar-refractivity contribution in [3.05, 3.63) is 29.8 Å². The molecular weight excluding hydrogens is 400 g/mol. The number of sulfonamides is 1. The van der Waals surface area contributed by atoms with E-state index in [0.29, 0.717) is 37.4 Å². The van der Waals surface area contributed by atoms with Crippen LogP contribution in [0.15, 0.2) is 29.2 Å². The topological polar surface area (TPSA) is 83.6 Å². The molecule has 3 aliphatic rings. The number of nitrogens with one attached hydrogen (secondary N) is 1. The summed E-state index contributed by atoms with van der Waals surface area (Å²) in [5, 5.41) is 3.24. The van der Waals surface area contributed by atoms with Gasteiger partial charge in [0, 0.05) is 30.6 Å². The van der Waals surface area contributed by atoms with Crippen LogP contribution in [-0.2, 0) is 14.8 Å². The van der Waals surface area contributed by atoms with E-state index in [-0.39, 0.29) is 28.5 Å². The van der Waals surface area contributed by atoms with Crippen molar-refractivity contribution in [2.24, 2.45) is 23.7 Å². The largest absolute Gasteiger partial charge is 0.353 e. The first-order valence-electron chi connectivity index (χ1n) is 11.2. The first-order valence-corrected chi connectivity index (χ1v) is 12.6. The number of amides is 1. The number of hydrogen-bond acceptors (Lipinski definition) is 4. The van der Waals surface area contributed by atoms with Gasteiger partial charge in [-0.2, -0.15) is 4.31 Å². The maximum Gasteiger partial charge on any atom is 0.243 e. The molecule has 164 valence electrons. The highest BCUT2D eigenvalue weighted by Gasteiger charge is 2.42. The number of nitrogens with zero attached hydrogens (tertiary/aromatic N) is 1. The Labute approximate surface area is 179 Å². The van der Waals surface area contributed by atoms with Crippen molar-refractivity contribution in [2.45, 2.75) is 63.3 Å². The second-order valence-corrected chi connectivity index (χ2v) is 11.3. The zero-order valence-corrected chi connectivity index (χ0v) is 18.7. The lowest BCUT2D eigenvalue weighted by molar-refractivity contribution is -0.127. The number of piperidine rings is 1. The smallest absolute Gasteiger partial charge is 0.243 e. The lowest BCUT2D eigenvalue weighted by Crippen LogP contribution is -2.47. The SMILES string of the molecule is CC(=O)c1ccc(S(=O)(=O)N2CCC(C(=O)N[C@H](C)[C@H]3C[C@H]4CC[C@H]3C4)CC2)cc1. The number of Topliss-reactive ketones (excluding diaryl/α,β-unsaturated/α-hetero) is 1. The van der Waals surface area contributed by atoms with Gasteiger partial charge in [-0.25, -0.2) is 8.42 Å². The molecular formula is C23H32N2O4S. The van der Waals surface area contributed by atoms with E-state index in [1.54, 1.807) is 12.1 Å². The molecule has 1 heterocycles. The molecule has 0 unspecified atom stereocenters. The summed E-state index contributed by atoms with van der Waals surface area (Å²) in [4.78, 5) is 24.4. The summed E-state index contributed by atoms with van der Waals surface area (Å²) < 4.78 is 27.3. The van der Waals surface area contributed by atoms with Crippen molar-refractivity contribution in [2.75, 3.05) is 13.1 Å². The van der Waals surface area contributed by atoms with E-state index in [4.69, 9.17) is 0 Å². The molecule has 2 aliphatic carbocycles. The lowest BCUT2D eigenvalue weighted by atomic mass is 9.83. The Bertz CT molecular complexity index is 904. The van der Waals surface area contributed by atoms with Crippen LogP contribution in [0.3, 0.4) is 0 Å². The summed E-state index contributed by atoms with van der Waals surface area (Å²) in [6.45, 7) is 4.28. The molecule has 0 aromatic heterocycles. The van der Waals surface area contributed by atoms with Crippen molar-refractivity contribution in [3.8, 4) is 0 Å². The van der Waals surface area contributed by atoms with Gasteiger partial charge in [0.25, 0.3) is 0 Å². The summed E-state index contributed by atoms with van der Waals surface area (Å²) in [7, 11) is -3.61. The molecule has 2 bridgehead atoms. The Morgan fingerprint density at radius 2 is 1.70 bits per heavy atom. The second-order valence-electron chi connectivity index (χ2n) is 9.39. The van der Waals surface area contributed by atoms with Crippen LogP contribution < -0.4 is 5.32 Å². The number of carbonyl (C=O) groups excluding carboxylic acids is 2. The Morgan fingerprint density at radius 3 is 2.23 bits per heavy atom. The highest BCUT2D eigenvalue weighted by molar-refractivity contribution is 7.89. The Balaban J connectivity index is 1.31. The van der Waals surface area contributed by atoms with Gasteiger partial charge in [0.2, 0.25) is 15.9 Å². The van der Waals surface area contributed by atoms with Crippen molar-refractivity contribution < 1.29 is 18.0 Å². The van der Waals surface area contributed by atoms with Crippen molar-refractivity contribution in [3.63, 3.8) is 0 Å². The van der Waals surface area contributed by atoms with Gasteiger partial charge in [-0.05, 0) is 75.8 Å². The van der Waals surface area contributed by atoms with Gasteiger partial charge in [0.05, 0.1) is 4.90 Å². The van der Waals surface area contributed by atoms with Crippen LogP contribution in [0, 0.1) is 23.7 Å². The minimum absolute atomic E-state index is 0.0770. The van der Waals surface area contributed by atoms with Crippen LogP contribution in [0.4, 0.5) is 0 Å². The van der Waals surface area contributed by atoms with Crippen LogP contribution >= 0.6 is 0 Å². The minimum Gasteiger partial charge on any atom is -0.353 e. The molecule has 30 heavy (non-hydrogen) atoms. The standard InChI is InChI=1S/C23H32N2O4S/c1-15(22-14-17-3-4-20(22)13-17)24-23(27)19-9-11-25(12-10-19)30(28,29)21-7-5-18(6-8-21)16(2)26/h5-8,15,17,19-20,22H,3-4,9-14H2,1-2H3,(H,24,27)/t15-,17+,20+,22-/m1/s1. The van der Waals surface area contributed by atoms with Gasteiger partial charge in [0.15, 0.2) is 5.78 Å². The average Bonchev–Trinajstić information content (AvgIpc) is 3.37. The zero-order valence-electron chi connectivity index (χ0n) is 17.8. The number of benzene rings is 1. The number of rotatable bonds is 6. The van der Waals surface area contributed by atoms with E-state index in [2.05, 4.69) is 12.2 Å². The van der Waals surface area contributed by atoms with Crippen molar-refractivity contribution in [1.29, 1.82) is 0 Å².